The van der Waals surface area contributed by atoms with Crippen LogP contribution in [-0.2, 0) is 19.8 Å². The van der Waals surface area contributed by atoms with Gasteiger partial charge in [0.25, 0.3) is 5.91 Å². The molecule has 3 aromatic rings. The Hall–Kier alpha value is -3.23. The van der Waals surface area contributed by atoms with Crippen molar-refractivity contribution in [3.05, 3.63) is 81.8 Å². The summed E-state index contributed by atoms with van der Waals surface area (Å²) in [6.45, 7) is 1.99. The number of anilines is 1. The van der Waals surface area contributed by atoms with E-state index in [0.29, 0.717) is 21.9 Å². The number of nitrogens with one attached hydrogen (secondary N) is 1. The van der Waals surface area contributed by atoms with E-state index in [0.717, 1.165) is 37.1 Å². The van der Waals surface area contributed by atoms with E-state index in [-0.39, 0.29) is 42.9 Å². The first-order valence-corrected chi connectivity index (χ1v) is 12.5. The monoisotopic (exact) mass is 510 g/mol. The second-order valence-corrected chi connectivity index (χ2v) is 9.96. The molecule has 188 valence electrons. The number of hydrogen-bond acceptors (Lipinski definition) is 6. The smallest absolute Gasteiger partial charge is 0.258 e. The molecule has 2 N–H and O–H groups in total. The van der Waals surface area contributed by atoms with E-state index in [9.17, 15) is 14.3 Å². The molecule has 1 spiro atoms. The lowest BCUT2D eigenvalue weighted by atomic mass is 9.94. The second-order valence-electron chi connectivity index (χ2n) is 9.56. The molecule has 9 heteroatoms. The van der Waals surface area contributed by atoms with Crippen molar-refractivity contribution in [2.75, 3.05) is 18.0 Å². The number of aliphatic hydroxyl groups excluding tert-OH is 1. The number of hydrogen-bond donors (Lipinski definition) is 2. The van der Waals surface area contributed by atoms with Crippen molar-refractivity contribution in [1.82, 2.24) is 15.3 Å². The fourth-order valence-electron chi connectivity index (χ4n) is 4.47. The molecule has 0 bridgehead atoms. The van der Waals surface area contributed by atoms with Crippen LogP contribution in [0.1, 0.15) is 52.7 Å². The van der Waals surface area contributed by atoms with Gasteiger partial charge < -0.3 is 20.1 Å². The minimum atomic E-state index is -0.384. The molecule has 2 aliphatic rings. The van der Waals surface area contributed by atoms with Crippen molar-refractivity contribution >= 4 is 23.5 Å². The van der Waals surface area contributed by atoms with E-state index >= 15 is 0 Å². The standard InChI is InChI=1S/C27H28ClFN4O3/c28-23-13-19(1-4-20(23)16-34)17-36-25-22(24(35)30-14-18-2-5-21(29)6-3-18)15-31-26(32-25)33-11-9-27(7-8-27)10-12-33/h1-6,13,15,34H,7-12,14,16-17H2,(H,30,35). The number of nitrogens with zero attached hydrogens (tertiary/aromatic N) is 3. The van der Waals surface area contributed by atoms with Crippen LogP contribution in [0.5, 0.6) is 5.88 Å². The molecule has 2 fully saturated rings. The molecule has 1 aliphatic carbocycles. The molecule has 1 amide bonds. The topological polar surface area (TPSA) is 87.6 Å². The summed E-state index contributed by atoms with van der Waals surface area (Å²) in [4.78, 5) is 24.3. The maximum Gasteiger partial charge on any atom is 0.258 e. The highest BCUT2D eigenvalue weighted by Crippen LogP contribution is 2.53. The van der Waals surface area contributed by atoms with E-state index in [1.165, 1.54) is 31.2 Å². The molecule has 2 heterocycles. The Balaban J connectivity index is 1.34. The van der Waals surface area contributed by atoms with Gasteiger partial charge >= 0.3 is 0 Å². The minimum Gasteiger partial charge on any atom is -0.472 e. The van der Waals surface area contributed by atoms with Gasteiger partial charge in [-0.1, -0.05) is 35.9 Å². The van der Waals surface area contributed by atoms with Gasteiger partial charge in [-0.25, -0.2) is 9.37 Å². The van der Waals surface area contributed by atoms with Crippen LogP contribution in [0.15, 0.2) is 48.7 Å². The number of ether oxygens (including phenoxy) is 1. The maximum absolute atomic E-state index is 13.2. The first-order valence-electron chi connectivity index (χ1n) is 12.1. The predicted molar refractivity (Wildman–Crippen MR) is 134 cm³/mol. The molecule has 1 saturated carbocycles. The molecule has 0 radical (unpaired) electrons. The molecule has 36 heavy (non-hydrogen) atoms. The van der Waals surface area contributed by atoms with Gasteiger partial charge in [0.2, 0.25) is 11.8 Å². The summed E-state index contributed by atoms with van der Waals surface area (Å²) >= 11 is 6.22. The van der Waals surface area contributed by atoms with E-state index in [2.05, 4.69) is 20.2 Å². The Kier molecular flexibility index (Phi) is 7.07. The highest BCUT2D eigenvalue weighted by molar-refractivity contribution is 6.31. The molecular formula is C27H28ClFN4O3. The third kappa shape index (κ3) is 5.60. The van der Waals surface area contributed by atoms with Gasteiger partial charge in [0.15, 0.2) is 0 Å². The van der Waals surface area contributed by atoms with Crippen molar-refractivity contribution in [1.29, 1.82) is 0 Å². The van der Waals surface area contributed by atoms with Crippen molar-refractivity contribution in [2.45, 2.75) is 45.4 Å². The van der Waals surface area contributed by atoms with Crippen LogP contribution in [0, 0.1) is 11.2 Å². The number of carbonyl (C=O) groups excluding carboxylic acids is 1. The van der Waals surface area contributed by atoms with Crippen molar-refractivity contribution in [2.24, 2.45) is 5.41 Å². The molecule has 5 rings (SSSR count). The summed E-state index contributed by atoms with van der Waals surface area (Å²) in [6, 6.07) is 11.2. The van der Waals surface area contributed by atoms with Gasteiger partial charge in [0, 0.05) is 30.9 Å². The number of amides is 1. The number of aliphatic hydroxyl groups is 1. The van der Waals surface area contributed by atoms with Gasteiger partial charge in [-0.15, -0.1) is 0 Å². The lowest BCUT2D eigenvalue weighted by Gasteiger charge is -2.32. The number of halogens is 2. The summed E-state index contributed by atoms with van der Waals surface area (Å²) in [5, 5.41) is 12.6. The van der Waals surface area contributed by atoms with Crippen LogP contribution in [0.4, 0.5) is 10.3 Å². The zero-order chi connectivity index (χ0) is 25.1. The minimum absolute atomic E-state index is 0.142. The van der Waals surface area contributed by atoms with E-state index in [1.54, 1.807) is 24.3 Å². The molecule has 1 aromatic heterocycles. The Morgan fingerprint density at radius 3 is 2.50 bits per heavy atom. The lowest BCUT2D eigenvalue weighted by molar-refractivity contribution is 0.0945. The van der Waals surface area contributed by atoms with Gasteiger partial charge in [0.05, 0.1) is 6.61 Å². The van der Waals surface area contributed by atoms with Crippen LogP contribution < -0.4 is 15.0 Å². The molecule has 1 aliphatic heterocycles. The highest BCUT2D eigenvalue weighted by Gasteiger charge is 2.44. The average molecular weight is 511 g/mol. The molecule has 0 unspecified atom stereocenters. The van der Waals surface area contributed by atoms with Crippen molar-refractivity contribution in [3.8, 4) is 5.88 Å². The van der Waals surface area contributed by atoms with Crippen molar-refractivity contribution < 1.29 is 19.0 Å². The highest BCUT2D eigenvalue weighted by atomic mass is 35.5. The van der Waals surface area contributed by atoms with Gasteiger partial charge in [-0.3, -0.25) is 4.79 Å². The van der Waals surface area contributed by atoms with Crippen LogP contribution in [0.2, 0.25) is 5.02 Å². The first-order chi connectivity index (χ1) is 17.4. The van der Waals surface area contributed by atoms with E-state index in [1.807, 2.05) is 6.07 Å². The molecule has 7 nitrogen and oxygen atoms in total. The maximum atomic E-state index is 13.2. The van der Waals surface area contributed by atoms with Crippen LogP contribution >= 0.6 is 11.6 Å². The fourth-order valence-corrected chi connectivity index (χ4v) is 4.74. The normalized spacial score (nSPS) is 16.1. The number of rotatable bonds is 8. The summed E-state index contributed by atoms with van der Waals surface area (Å²) in [7, 11) is 0. The number of benzene rings is 2. The Morgan fingerprint density at radius 2 is 1.83 bits per heavy atom. The van der Waals surface area contributed by atoms with Crippen LogP contribution in [0.25, 0.3) is 0 Å². The van der Waals surface area contributed by atoms with Gasteiger partial charge in [-0.2, -0.15) is 4.98 Å². The lowest BCUT2D eigenvalue weighted by Crippen LogP contribution is -2.35. The number of carbonyl (C=O) groups is 1. The van der Waals surface area contributed by atoms with Crippen molar-refractivity contribution in [3.63, 3.8) is 0 Å². The van der Waals surface area contributed by atoms with E-state index in [4.69, 9.17) is 16.3 Å². The molecule has 2 aromatic carbocycles. The SMILES string of the molecule is O=C(NCc1ccc(F)cc1)c1cnc(N2CCC3(CC2)CC3)nc1OCc1ccc(CO)c(Cl)c1. The largest absolute Gasteiger partial charge is 0.472 e. The summed E-state index contributed by atoms with van der Waals surface area (Å²) in [5.41, 5.74) is 2.92. The quantitative estimate of drug-likeness (QED) is 0.458. The second kappa shape index (κ2) is 10.4. The third-order valence-electron chi connectivity index (χ3n) is 7.08. The molecule has 1 saturated heterocycles. The molecular weight excluding hydrogens is 483 g/mol. The Labute approximate surface area is 214 Å². The summed E-state index contributed by atoms with van der Waals surface area (Å²) in [6.07, 6.45) is 6.37. The molecule has 0 atom stereocenters. The fraction of sp³-hybridized carbons (Fsp3) is 0.370. The van der Waals surface area contributed by atoms with Crippen LogP contribution in [0.3, 0.4) is 0 Å². The van der Waals surface area contributed by atoms with Gasteiger partial charge in [0.1, 0.15) is 18.0 Å². The summed E-state index contributed by atoms with van der Waals surface area (Å²) < 4.78 is 19.2. The zero-order valence-electron chi connectivity index (χ0n) is 19.8. The number of piperidine rings is 1. The number of aromatic nitrogens is 2. The van der Waals surface area contributed by atoms with E-state index < -0.39 is 0 Å². The van der Waals surface area contributed by atoms with Gasteiger partial charge in [-0.05, 0) is 66.0 Å². The Bertz CT molecular complexity index is 1240. The zero-order valence-corrected chi connectivity index (χ0v) is 20.6. The first kappa shape index (κ1) is 24.5. The third-order valence-corrected chi connectivity index (χ3v) is 7.43. The average Bonchev–Trinajstić information content (AvgIpc) is 3.66. The van der Waals surface area contributed by atoms with Crippen LogP contribution in [-0.4, -0.2) is 34.1 Å². The predicted octanol–water partition coefficient (Wildman–Crippen LogP) is 4.65. The summed E-state index contributed by atoms with van der Waals surface area (Å²) in [5.74, 6) is 0.0159. The Morgan fingerprint density at radius 1 is 1.11 bits per heavy atom.